The number of hydrogen-bond donors (Lipinski definition) is 1. The van der Waals surface area contributed by atoms with Gasteiger partial charge in [-0.3, -0.25) is 0 Å². The van der Waals surface area contributed by atoms with Gasteiger partial charge in [-0.05, 0) is 48.7 Å². The standard InChI is InChI=1S/C18H22BrNO/c1-4-20-17(14-10-9-13(2)16(19)11-14)12-15-7-5-6-8-18(15)21-3/h5-11,17,20H,4,12H2,1-3H3. The second-order valence-electron chi connectivity index (χ2n) is 5.13. The number of likely N-dealkylation sites (N-methyl/N-ethyl adjacent to an activating group) is 1. The van der Waals surface area contributed by atoms with Crippen LogP contribution in [0.4, 0.5) is 0 Å². The van der Waals surface area contributed by atoms with Crippen LogP contribution < -0.4 is 10.1 Å². The first-order valence-electron chi connectivity index (χ1n) is 7.27. The summed E-state index contributed by atoms with van der Waals surface area (Å²) in [6.07, 6.45) is 0.910. The van der Waals surface area contributed by atoms with Gasteiger partial charge in [0.15, 0.2) is 0 Å². The average molecular weight is 348 g/mol. The average Bonchev–Trinajstić information content (AvgIpc) is 2.50. The first-order chi connectivity index (χ1) is 10.2. The third kappa shape index (κ3) is 4.08. The molecule has 0 saturated carbocycles. The minimum absolute atomic E-state index is 0.281. The van der Waals surface area contributed by atoms with Gasteiger partial charge in [0, 0.05) is 10.5 Å². The molecule has 0 aliphatic carbocycles. The summed E-state index contributed by atoms with van der Waals surface area (Å²) in [5, 5.41) is 3.57. The summed E-state index contributed by atoms with van der Waals surface area (Å²) in [4.78, 5) is 0. The van der Waals surface area contributed by atoms with Gasteiger partial charge in [-0.1, -0.05) is 53.2 Å². The van der Waals surface area contributed by atoms with Crippen LogP contribution in [0.15, 0.2) is 46.9 Å². The van der Waals surface area contributed by atoms with Gasteiger partial charge in [-0.25, -0.2) is 0 Å². The fourth-order valence-electron chi connectivity index (χ4n) is 2.47. The molecule has 1 atom stereocenters. The predicted molar refractivity (Wildman–Crippen MR) is 92.0 cm³/mol. The highest BCUT2D eigenvalue weighted by Crippen LogP contribution is 2.27. The smallest absolute Gasteiger partial charge is 0.122 e. The summed E-state index contributed by atoms with van der Waals surface area (Å²) in [7, 11) is 1.73. The minimum Gasteiger partial charge on any atom is -0.496 e. The first kappa shape index (κ1) is 16.1. The lowest BCUT2D eigenvalue weighted by molar-refractivity contribution is 0.405. The molecule has 21 heavy (non-hydrogen) atoms. The van der Waals surface area contributed by atoms with Crippen molar-refractivity contribution < 1.29 is 4.74 Å². The van der Waals surface area contributed by atoms with Crippen LogP contribution in [0, 0.1) is 6.92 Å². The van der Waals surface area contributed by atoms with Gasteiger partial charge in [0.1, 0.15) is 5.75 Å². The van der Waals surface area contributed by atoms with Crippen LogP contribution >= 0.6 is 15.9 Å². The molecule has 112 valence electrons. The van der Waals surface area contributed by atoms with Crippen LogP contribution in [0.5, 0.6) is 5.75 Å². The maximum absolute atomic E-state index is 5.47. The number of ether oxygens (including phenoxy) is 1. The zero-order valence-electron chi connectivity index (χ0n) is 12.8. The number of aryl methyl sites for hydroxylation is 1. The Morgan fingerprint density at radius 1 is 1.19 bits per heavy atom. The maximum Gasteiger partial charge on any atom is 0.122 e. The van der Waals surface area contributed by atoms with E-state index in [0.717, 1.165) is 23.2 Å². The van der Waals surface area contributed by atoms with E-state index in [-0.39, 0.29) is 6.04 Å². The first-order valence-corrected chi connectivity index (χ1v) is 8.06. The molecular formula is C18H22BrNO. The number of hydrogen-bond acceptors (Lipinski definition) is 2. The molecule has 2 aromatic carbocycles. The van der Waals surface area contributed by atoms with Crippen molar-refractivity contribution >= 4 is 15.9 Å². The fourth-order valence-corrected chi connectivity index (χ4v) is 2.87. The molecule has 0 radical (unpaired) electrons. The van der Waals surface area contributed by atoms with Gasteiger partial charge in [0.25, 0.3) is 0 Å². The number of halogens is 1. The highest BCUT2D eigenvalue weighted by atomic mass is 79.9. The van der Waals surface area contributed by atoms with Crippen LogP contribution in [0.2, 0.25) is 0 Å². The van der Waals surface area contributed by atoms with Crippen LogP contribution in [-0.2, 0) is 6.42 Å². The van der Waals surface area contributed by atoms with E-state index in [1.54, 1.807) is 7.11 Å². The van der Waals surface area contributed by atoms with Crippen molar-refractivity contribution in [1.29, 1.82) is 0 Å². The van der Waals surface area contributed by atoms with Crippen LogP contribution in [0.1, 0.15) is 29.7 Å². The van der Waals surface area contributed by atoms with Crippen molar-refractivity contribution in [2.75, 3.05) is 13.7 Å². The fraction of sp³-hybridized carbons (Fsp3) is 0.333. The molecule has 0 bridgehead atoms. The van der Waals surface area contributed by atoms with Crippen LogP contribution in [-0.4, -0.2) is 13.7 Å². The van der Waals surface area contributed by atoms with Crippen LogP contribution in [0.3, 0.4) is 0 Å². The number of nitrogens with one attached hydrogen (secondary N) is 1. The van der Waals surface area contributed by atoms with Gasteiger partial charge in [0.2, 0.25) is 0 Å². The summed E-state index contributed by atoms with van der Waals surface area (Å²) in [6.45, 7) is 5.18. The number of methoxy groups -OCH3 is 1. The predicted octanol–water partition coefficient (Wildman–Crippen LogP) is 4.66. The summed E-state index contributed by atoms with van der Waals surface area (Å²) < 4.78 is 6.62. The lowest BCUT2D eigenvalue weighted by Gasteiger charge is -2.20. The van der Waals surface area contributed by atoms with E-state index in [4.69, 9.17) is 4.74 Å². The Kier molecular flexibility index (Phi) is 5.83. The van der Waals surface area contributed by atoms with Crippen molar-refractivity contribution in [3.05, 3.63) is 63.6 Å². The second kappa shape index (κ2) is 7.62. The molecule has 3 heteroatoms. The van der Waals surface area contributed by atoms with E-state index in [1.165, 1.54) is 16.7 Å². The van der Waals surface area contributed by atoms with E-state index < -0.39 is 0 Å². The molecule has 0 amide bonds. The number of rotatable bonds is 6. The van der Waals surface area contributed by atoms with Crippen molar-refractivity contribution in [1.82, 2.24) is 5.32 Å². The van der Waals surface area contributed by atoms with Crippen LogP contribution in [0.25, 0.3) is 0 Å². The van der Waals surface area contributed by atoms with E-state index in [0.29, 0.717) is 0 Å². The minimum atomic E-state index is 0.281. The highest BCUT2D eigenvalue weighted by Gasteiger charge is 2.14. The molecule has 0 fully saturated rings. The highest BCUT2D eigenvalue weighted by molar-refractivity contribution is 9.10. The van der Waals surface area contributed by atoms with E-state index in [2.05, 4.69) is 65.4 Å². The lowest BCUT2D eigenvalue weighted by Crippen LogP contribution is -2.23. The monoisotopic (exact) mass is 347 g/mol. The summed E-state index contributed by atoms with van der Waals surface area (Å²) in [6, 6.07) is 15.1. The molecular weight excluding hydrogens is 326 g/mol. The topological polar surface area (TPSA) is 21.3 Å². The Morgan fingerprint density at radius 2 is 1.95 bits per heavy atom. The van der Waals surface area contributed by atoms with Crippen molar-refractivity contribution in [2.45, 2.75) is 26.3 Å². The van der Waals surface area contributed by atoms with Gasteiger partial charge >= 0.3 is 0 Å². The summed E-state index contributed by atoms with van der Waals surface area (Å²) in [5.74, 6) is 0.951. The SMILES string of the molecule is CCNC(Cc1ccccc1OC)c1ccc(C)c(Br)c1. The third-order valence-electron chi connectivity index (χ3n) is 3.67. The van der Waals surface area contributed by atoms with Gasteiger partial charge in [-0.15, -0.1) is 0 Å². The Hall–Kier alpha value is -1.32. The zero-order chi connectivity index (χ0) is 15.2. The Bertz CT molecular complexity index is 598. The third-order valence-corrected chi connectivity index (χ3v) is 4.52. The molecule has 2 rings (SSSR count). The lowest BCUT2D eigenvalue weighted by atomic mass is 9.97. The number of benzene rings is 2. The van der Waals surface area contributed by atoms with Gasteiger partial charge in [-0.2, -0.15) is 0 Å². The molecule has 1 unspecified atom stereocenters. The van der Waals surface area contributed by atoms with E-state index in [9.17, 15) is 0 Å². The van der Waals surface area contributed by atoms with Gasteiger partial charge in [0.05, 0.1) is 7.11 Å². The molecule has 2 aromatic rings. The van der Waals surface area contributed by atoms with Gasteiger partial charge < -0.3 is 10.1 Å². The molecule has 2 nitrogen and oxygen atoms in total. The molecule has 0 aromatic heterocycles. The van der Waals surface area contributed by atoms with Crippen molar-refractivity contribution in [3.8, 4) is 5.75 Å². The van der Waals surface area contributed by atoms with Crippen molar-refractivity contribution in [3.63, 3.8) is 0 Å². The molecule has 0 aliphatic rings. The van der Waals surface area contributed by atoms with E-state index >= 15 is 0 Å². The summed E-state index contributed by atoms with van der Waals surface area (Å²) in [5.41, 5.74) is 3.77. The Morgan fingerprint density at radius 3 is 2.62 bits per heavy atom. The molecule has 0 heterocycles. The normalized spacial score (nSPS) is 12.2. The Labute approximate surface area is 135 Å². The molecule has 1 N–H and O–H groups in total. The molecule has 0 saturated heterocycles. The number of para-hydroxylation sites is 1. The molecule has 0 spiro atoms. The quantitative estimate of drug-likeness (QED) is 0.820. The summed E-state index contributed by atoms with van der Waals surface area (Å²) >= 11 is 3.63. The Balaban J connectivity index is 2.28. The van der Waals surface area contributed by atoms with E-state index in [1.807, 2.05) is 12.1 Å². The zero-order valence-corrected chi connectivity index (χ0v) is 14.4. The van der Waals surface area contributed by atoms with Crippen molar-refractivity contribution in [2.24, 2.45) is 0 Å². The largest absolute Gasteiger partial charge is 0.496 e. The second-order valence-corrected chi connectivity index (χ2v) is 5.99. The molecule has 0 aliphatic heterocycles. The maximum atomic E-state index is 5.47.